The molecule has 1 fully saturated rings. The number of aromatic nitrogens is 2. The van der Waals surface area contributed by atoms with E-state index in [0.29, 0.717) is 51.4 Å². The van der Waals surface area contributed by atoms with Gasteiger partial charge >= 0.3 is 0 Å². The topological polar surface area (TPSA) is 84.8 Å². The molecule has 1 aliphatic rings. The Morgan fingerprint density at radius 1 is 1.09 bits per heavy atom. The quantitative estimate of drug-likeness (QED) is 0.302. The standard InChI is InChI=1S/C25H25Cl2N3O4.ClH/c1-15-28-29-25(33-15)24-12-19-22(3-2-4-23(19)34-24)32-14-18(31)13-30-9-7-16(8-10-30)17-5-6-20(26)21(27)11-17;/h2-6,11-12,16,18,31H,7-10,13-14H2,1H3;1H. The van der Waals surface area contributed by atoms with E-state index in [2.05, 4.69) is 21.2 Å². The molecule has 0 radical (unpaired) electrons. The van der Waals surface area contributed by atoms with Crippen LogP contribution in [0.5, 0.6) is 5.75 Å². The van der Waals surface area contributed by atoms with E-state index >= 15 is 0 Å². The van der Waals surface area contributed by atoms with Crippen LogP contribution in [-0.2, 0) is 0 Å². The molecule has 1 unspecified atom stereocenters. The van der Waals surface area contributed by atoms with Gasteiger partial charge in [-0.25, -0.2) is 0 Å². The smallest absolute Gasteiger partial charge is 0.283 e. The Labute approximate surface area is 219 Å². The number of halogens is 3. The second kappa shape index (κ2) is 11.2. The maximum Gasteiger partial charge on any atom is 0.283 e. The minimum Gasteiger partial charge on any atom is -0.490 e. The molecule has 186 valence electrons. The minimum atomic E-state index is -0.609. The Morgan fingerprint density at radius 3 is 2.60 bits per heavy atom. The number of furan rings is 1. The summed E-state index contributed by atoms with van der Waals surface area (Å²) in [6, 6.07) is 13.3. The van der Waals surface area contributed by atoms with Gasteiger partial charge in [-0.1, -0.05) is 35.3 Å². The number of aliphatic hydroxyl groups excluding tert-OH is 1. The molecule has 0 aliphatic carbocycles. The lowest BCUT2D eigenvalue weighted by atomic mass is 9.89. The molecule has 0 saturated carbocycles. The highest BCUT2D eigenvalue weighted by Gasteiger charge is 2.23. The molecule has 2 aromatic carbocycles. The summed E-state index contributed by atoms with van der Waals surface area (Å²) in [5, 5.41) is 20.4. The van der Waals surface area contributed by atoms with Crippen LogP contribution in [-0.4, -0.2) is 52.5 Å². The van der Waals surface area contributed by atoms with Crippen LogP contribution >= 0.6 is 35.6 Å². The first kappa shape index (κ1) is 25.8. The summed E-state index contributed by atoms with van der Waals surface area (Å²) in [5.41, 5.74) is 1.88. The third-order valence-electron chi connectivity index (χ3n) is 6.16. The van der Waals surface area contributed by atoms with Gasteiger partial charge < -0.3 is 23.6 Å². The monoisotopic (exact) mass is 537 g/mol. The fourth-order valence-electron chi connectivity index (χ4n) is 4.41. The van der Waals surface area contributed by atoms with Crippen molar-refractivity contribution in [2.24, 2.45) is 0 Å². The number of hydrogen-bond acceptors (Lipinski definition) is 7. The summed E-state index contributed by atoms with van der Waals surface area (Å²) in [5.74, 6) is 2.37. The third-order valence-corrected chi connectivity index (χ3v) is 6.90. The summed E-state index contributed by atoms with van der Waals surface area (Å²) in [4.78, 5) is 2.27. The van der Waals surface area contributed by atoms with Crippen LogP contribution in [0.3, 0.4) is 0 Å². The highest BCUT2D eigenvalue weighted by atomic mass is 35.5. The van der Waals surface area contributed by atoms with Gasteiger partial charge in [0.15, 0.2) is 5.76 Å². The Morgan fingerprint density at radius 2 is 1.89 bits per heavy atom. The van der Waals surface area contributed by atoms with Crippen LogP contribution in [0.1, 0.15) is 30.2 Å². The molecule has 3 heterocycles. The van der Waals surface area contributed by atoms with Gasteiger partial charge in [0, 0.05) is 19.5 Å². The van der Waals surface area contributed by atoms with Crippen molar-refractivity contribution >= 4 is 46.6 Å². The SMILES string of the molecule is Cc1nnc(-c2cc3c(OCC(O)CN4CCC(c5ccc(Cl)c(Cl)c5)CC4)cccc3o2)o1.Cl. The van der Waals surface area contributed by atoms with Crippen LogP contribution in [0.4, 0.5) is 0 Å². The molecule has 10 heteroatoms. The first-order chi connectivity index (χ1) is 16.5. The van der Waals surface area contributed by atoms with Crippen LogP contribution < -0.4 is 4.74 Å². The zero-order valence-electron chi connectivity index (χ0n) is 19.1. The van der Waals surface area contributed by atoms with Crippen LogP contribution in [0.15, 0.2) is 51.3 Å². The van der Waals surface area contributed by atoms with E-state index in [1.807, 2.05) is 36.4 Å². The molecular weight excluding hydrogens is 513 g/mol. The number of aliphatic hydroxyl groups is 1. The Bertz CT molecular complexity index is 1280. The number of likely N-dealkylation sites (tertiary alicyclic amines) is 1. The van der Waals surface area contributed by atoms with Gasteiger partial charge in [-0.05, 0) is 61.7 Å². The molecule has 4 aromatic rings. The summed E-state index contributed by atoms with van der Waals surface area (Å²) in [6.07, 6.45) is 1.41. The number of hydrogen-bond donors (Lipinski definition) is 1. The van der Waals surface area contributed by atoms with Gasteiger partial charge in [0.1, 0.15) is 24.0 Å². The van der Waals surface area contributed by atoms with Gasteiger partial charge in [0.25, 0.3) is 5.89 Å². The van der Waals surface area contributed by atoms with Gasteiger partial charge in [0.2, 0.25) is 5.89 Å². The molecule has 1 atom stereocenters. The summed E-state index contributed by atoms with van der Waals surface area (Å²) in [6.45, 7) is 4.29. The van der Waals surface area contributed by atoms with Crippen molar-refractivity contribution in [1.29, 1.82) is 0 Å². The number of ether oxygens (including phenoxy) is 1. The number of benzene rings is 2. The van der Waals surface area contributed by atoms with Gasteiger partial charge in [0.05, 0.1) is 15.4 Å². The number of fused-ring (bicyclic) bond motifs is 1. The van der Waals surface area contributed by atoms with Crippen molar-refractivity contribution < 1.29 is 18.7 Å². The maximum absolute atomic E-state index is 10.6. The van der Waals surface area contributed by atoms with Crippen molar-refractivity contribution in [2.45, 2.75) is 31.8 Å². The van der Waals surface area contributed by atoms with Gasteiger partial charge in [-0.3, -0.25) is 0 Å². The molecule has 1 N–H and O–H groups in total. The van der Waals surface area contributed by atoms with Crippen molar-refractivity contribution in [3.63, 3.8) is 0 Å². The van der Waals surface area contributed by atoms with E-state index in [0.717, 1.165) is 31.3 Å². The second-order valence-electron chi connectivity index (χ2n) is 8.62. The summed E-state index contributed by atoms with van der Waals surface area (Å²) < 4.78 is 17.2. The zero-order valence-corrected chi connectivity index (χ0v) is 21.4. The molecule has 1 saturated heterocycles. The fraction of sp³-hybridized carbons (Fsp3) is 0.360. The molecule has 7 nitrogen and oxygen atoms in total. The lowest BCUT2D eigenvalue weighted by Gasteiger charge is -2.33. The van der Waals surface area contributed by atoms with E-state index in [1.165, 1.54) is 5.56 Å². The van der Waals surface area contributed by atoms with Gasteiger partial charge in [-0.15, -0.1) is 22.6 Å². The van der Waals surface area contributed by atoms with E-state index in [9.17, 15) is 5.11 Å². The fourth-order valence-corrected chi connectivity index (χ4v) is 4.72. The van der Waals surface area contributed by atoms with Crippen LogP contribution in [0.2, 0.25) is 10.0 Å². The van der Waals surface area contributed by atoms with Crippen molar-refractivity contribution in [1.82, 2.24) is 15.1 Å². The van der Waals surface area contributed by atoms with Gasteiger partial charge in [-0.2, -0.15) is 0 Å². The zero-order chi connectivity index (χ0) is 23.7. The highest BCUT2D eigenvalue weighted by molar-refractivity contribution is 6.42. The molecule has 0 spiro atoms. The summed E-state index contributed by atoms with van der Waals surface area (Å²) in [7, 11) is 0. The average molecular weight is 539 g/mol. The van der Waals surface area contributed by atoms with Crippen molar-refractivity contribution in [3.8, 4) is 17.4 Å². The van der Waals surface area contributed by atoms with E-state index < -0.39 is 6.10 Å². The Kier molecular flexibility index (Phi) is 8.24. The largest absolute Gasteiger partial charge is 0.490 e. The Hall–Kier alpha value is -2.29. The van der Waals surface area contributed by atoms with E-state index in [-0.39, 0.29) is 19.0 Å². The van der Waals surface area contributed by atoms with E-state index in [4.69, 9.17) is 36.8 Å². The lowest BCUT2D eigenvalue weighted by Crippen LogP contribution is -2.40. The normalized spacial score (nSPS) is 15.8. The predicted octanol–water partition coefficient (Wildman–Crippen LogP) is 6.14. The summed E-state index contributed by atoms with van der Waals surface area (Å²) >= 11 is 12.2. The minimum absolute atomic E-state index is 0. The molecule has 0 bridgehead atoms. The third kappa shape index (κ3) is 5.93. The van der Waals surface area contributed by atoms with Crippen LogP contribution in [0.25, 0.3) is 22.6 Å². The molecule has 0 amide bonds. The van der Waals surface area contributed by atoms with E-state index in [1.54, 1.807) is 6.92 Å². The Balaban J connectivity index is 0.00000289. The molecule has 2 aromatic heterocycles. The predicted molar refractivity (Wildman–Crippen MR) is 138 cm³/mol. The second-order valence-corrected chi connectivity index (χ2v) is 9.43. The number of nitrogens with zero attached hydrogens (tertiary/aromatic N) is 3. The van der Waals surface area contributed by atoms with Crippen molar-refractivity contribution in [3.05, 3.63) is 64.0 Å². The molecular formula is C25H26Cl3N3O4. The highest BCUT2D eigenvalue weighted by Crippen LogP contribution is 2.34. The molecule has 35 heavy (non-hydrogen) atoms. The number of aryl methyl sites for hydroxylation is 1. The average Bonchev–Trinajstić information content (AvgIpc) is 3.46. The molecule has 5 rings (SSSR count). The van der Waals surface area contributed by atoms with Crippen LogP contribution in [0, 0.1) is 6.92 Å². The lowest BCUT2D eigenvalue weighted by molar-refractivity contribution is 0.0599. The van der Waals surface area contributed by atoms with Crippen molar-refractivity contribution in [2.75, 3.05) is 26.2 Å². The first-order valence-corrected chi connectivity index (χ1v) is 12.0. The maximum atomic E-state index is 10.6. The molecule has 1 aliphatic heterocycles. The first-order valence-electron chi connectivity index (χ1n) is 11.3. The number of rotatable bonds is 7. The number of piperidine rings is 1. The number of β-amino-alcohol motifs (C(OH)–C–C–N with tert-alkyl or cyclic N) is 1.